The molecule has 4 nitrogen and oxygen atoms in total. The molecule has 0 fully saturated rings. The quantitative estimate of drug-likeness (QED) is 0.676. The first-order valence-electron chi connectivity index (χ1n) is 4.86. The second-order valence-electron chi connectivity index (χ2n) is 4.02. The molecule has 1 N–H and O–H groups in total. The molecule has 2 rings (SSSR count). The summed E-state index contributed by atoms with van der Waals surface area (Å²) < 4.78 is 1.67. The lowest BCUT2D eigenvalue weighted by Gasteiger charge is -2.27. The molecule has 14 heavy (non-hydrogen) atoms. The summed E-state index contributed by atoms with van der Waals surface area (Å²) in [7, 11) is 1.81. The highest BCUT2D eigenvalue weighted by Crippen LogP contribution is 2.30. The summed E-state index contributed by atoms with van der Waals surface area (Å²) in [6.07, 6.45) is 0. The van der Waals surface area contributed by atoms with Gasteiger partial charge in [0.15, 0.2) is 5.78 Å². The number of rotatable bonds is 0. The predicted molar refractivity (Wildman–Crippen MR) is 54.5 cm³/mol. The molecule has 1 aliphatic heterocycles. The van der Waals surface area contributed by atoms with Crippen LogP contribution in [0.15, 0.2) is 0 Å². The van der Waals surface area contributed by atoms with Gasteiger partial charge in [-0.3, -0.25) is 9.48 Å². The van der Waals surface area contributed by atoms with Gasteiger partial charge < -0.3 is 5.32 Å². The summed E-state index contributed by atoms with van der Waals surface area (Å²) in [5.74, 6) is 0.214. The van der Waals surface area contributed by atoms with Crippen molar-refractivity contribution in [2.75, 3.05) is 5.32 Å². The number of Topliss-reactive ketones (excluding diaryl/α,β-unsaturated/α-hetero) is 1. The van der Waals surface area contributed by atoms with E-state index in [0.717, 1.165) is 11.4 Å². The molecule has 0 radical (unpaired) electrons. The van der Waals surface area contributed by atoms with Gasteiger partial charge in [-0.05, 0) is 13.8 Å². The van der Waals surface area contributed by atoms with Crippen molar-refractivity contribution in [2.24, 2.45) is 13.0 Å². The Balaban J connectivity index is 2.59. The van der Waals surface area contributed by atoms with Gasteiger partial charge in [-0.25, -0.2) is 0 Å². The van der Waals surface area contributed by atoms with Gasteiger partial charge in [0.1, 0.15) is 5.69 Å². The summed E-state index contributed by atoms with van der Waals surface area (Å²) in [5, 5.41) is 7.57. The Morgan fingerprint density at radius 1 is 1.43 bits per heavy atom. The number of nitrogens with one attached hydrogen (secondary N) is 1. The number of aromatic nitrogens is 2. The van der Waals surface area contributed by atoms with Crippen molar-refractivity contribution >= 4 is 11.5 Å². The summed E-state index contributed by atoms with van der Waals surface area (Å²) >= 11 is 0. The Labute approximate surface area is 83.3 Å². The third kappa shape index (κ3) is 1.06. The molecule has 0 saturated carbocycles. The molecule has 0 saturated heterocycles. The minimum Gasteiger partial charge on any atom is -0.378 e. The van der Waals surface area contributed by atoms with Crippen LogP contribution in [0.5, 0.6) is 0 Å². The third-order valence-electron chi connectivity index (χ3n) is 2.99. The van der Waals surface area contributed by atoms with Crippen LogP contribution in [0.2, 0.25) is 0 Å². The van der Waals surface area contributed by atoms with Crippen molar-refractivity contribution in [1.82, 2.24) is 9.78 Å². The van der Waals surface area contributed by atoms with E-state index >= 15 is 0 Å². The van der Waals surface area contributed by atoms with Gasteiger partial charge in [-0.1, -0.05) is 6.92 Å². The fraction of sp³-hybridized carbons (Fsp3) is 0.600. The van der Waals surface area contributed by atoms with Gasteiger partial charge in [-0.15, -0.1) is 0 Å². The standard InChI is InChI=1S/C10H15N3O/c1-5-6(2)11-8-7(3)12-13(4)9(8)10(5)14/h5-6,11H,1-4H3. The summed E-state index contributed by atoms with van der Waals surface area (Å²) in [6, 6.07) is 0.192. The summed E-state index contributed by atoms with van der Waals surface area (Å²) in [5.41, 5.74) is 2.52. The molecule has 0 aromatic carbocycles. The van der Waals surface area contributed by atoms with Gasteiger partial charge in [0.2, 0.25) is 0 Å². The first-order chi connectivity index (χ1) is 6.52. The normalized spacial score (nSPS) is 25.9. The average Bonchev–Trinajstić information content (AvgIpc) is 2.38. The Bertz CT molecular complexity index is 394. The minimum absolute atomic E-state index is 0.0253. The molecule has 2 heterocycles. The largest absolute Gasteiger partial charge is 0.378 e. The molecule has 4 heteroatoms. The highest BCUT2D eigenvalue weighted by atomic mass is 16.1. The van der Waals surface area contributed by atoms with Gasteiger partial charge in [0.05, 0.1) is 11.4 Å². The molecule has 2 atom stereocenters. The first kappa shape index (κ1) is 9.24. The number of fused-ring (bicyclic) bond motifs is 1. The second-order valence-corrected chi connectivity index (χ2v) is 4.02. The molecule has 76 valence electrons. The van der Waals surface area contributed by atoms with Crippen molar-refractivity contribution in [3.8, 4) is 0 Å². The number of carbonyl (C=O) groups is 1. The maximum atomic E-state index is 12.0. The number of ketones is 1. The van der Waals surface area contributed by atoms with E-state index in [9.17, 15) is 4.79 Å². The smallest absolute Gasteiger partial charge is 0.187 e. The van der Waals surface area contributed by atoms with Gasteiger partial charge in [0, 0.05) is 19.0 Å². The zero-order valence-electron chi connectivity index (χ0n) is 8.96. The van der Waals surface area contributed by atoms with E-state index < -0.39 is 0 Å². The molecule has 1 aromatic rings. The van der Waals surface area contributed by atoms with Crippen LogP contribution >= 0.6 is 0 Å². The zero-order chi connectivity index (χ0) is 10.5. The van der Waals surface area contributed by atoms with Crippen molar-refractivity contribution in [3.05, 3.63) is 11.4 Å². The van der Waals surface area contributed by atoms with E-state index in [0.29, 0.717) is 5.69 Å². The second kappa shape index (κ2) is 2.83. The van der Waals surface area contributed by atoms with Gasteiger partial charge in [-0.2, -0.15) is 5.10 Å². The van der Waals surface area contributed by atoms with Crippen LogP contribution in [0.1, 0.15) is 30.0 Å². The monoisotopic (exact) mass is 193 g/mol. The molecular formula is C10H15N3O. The molecule has 1 aromatic heterocycles. The lowest BCUT2D eigenvalue weighted by atomic mass is 9.91. The Morgan fingerprint density at radius 3 is 2.71 bits per heavy atom. The molecule has 0 amide bonds. The highest BCUT2D eigenvalue weighted by molar-refractivity contribution is 6.03. The van der Waals surface area contributed by atoms with Crippen LogP contribution in [0.3, 0.4) is 0 Å². The van der Waals surface area contributed by atoms with Gasteiger partial charge in [0.25, 0.3) is 0 Å². The van der Waals surface area contributed by atoms with Crippen molar-refractivity contribution in [1.29, 1.82) is 0 Å². The summed E-state index contributed by atoms with van der Waals surface area (Å²) in [6.45, 7) is 5.89. The molecular weight excluding hydrogens is 178 g/mol. The molecule has 1 aliphatic rings. The van der Waals surface area contributed by atoms with E-state index in [2.05, 4.69) is 10.4 Å². The van der Waals surface area contributed by atoms with E-state index in [1.165, 1.54) is 0 Å². The van der Waals surface area contributed by atoms with Crippen LogP contribution in [0.25, 0.3) is 0 Å². The van der Waals surface area contributed by atoms with E-state index in [1.54, 1.807) is 4.68 Å². The lowest BCUT2D eigenvalue weighted by molar-refractivity contribution is 0.0905. The number of carbonyl (C=O) groups excluding carboxylic acids is 1. The average molecular weight is 193 g/mol. The lowest BCUT2D eigenvalue weighted by Crippen LogP contribution is -2.36. The summed E-state index contributed by atoms with van der Waals surface area (Å²) in [4.78, 5) is 12.0. The topological polar surface area (TPSA) is 46.9 Å². The van der Waals surface area contributed by atoms with Crippen LogP contribution < -0.4 is 5.32 Å². The van der Waals surface area contributed by atoms with E-state index in [1.807, 2.05) is 27.8 Å². The van der Waals surface area contributed by atoms with Crippen molar-refractivity contribution in [3.63, 3.8) is 0 Å². The Morgan fingerprint density at radius 2 is 2.07 bits per heavy atom. The molecule has 0 bridgehead atoms. The van der Waals surface area contributed by atoms with Crippen molar-refractivity contribution < 1.29 is 4.79 Å². The van der Waals surface area contributed by atoms with Gasteiger partial charge >= 0.3 is 0 Å². The van der Waals surface area contributed by atoms with Crippen LogP contribution in [0.4, 0.5) is 5.69 Å². The highest BCUT2D eigenvalue weighted by Gasteiger charge is 2.33. The predicted octanol–water partition coefficient (Wildman–Crippen LogP) is 1.36. The van der Waals surface area contributed by atoms with Crippen LogP contribution in [0, 0.1) is 12.8 Å². The zero-order valence-corrected chi connectivity index (χ0v) is 8.96. The molecule has 0 aliphatic carbocycles. The van der Waals surface area contributed by atoms with Crippen LogP contribution in [-0.2, 0) is 7.05 Å². The number of hydrogen-bond acceptors (Lipinski definition) is 3. The van der Waals surface area contributed by atoms with Crippen molar-refractivity contribution in [2.45, 2.75) is 26.8 Å². The fourth-order valence-electron chi connectivity index (χ4n) is 1.91. The SMILES string of the molecule is Cc1nn(C)c2c1NC(C)C(C)C2=O. The van der Waals surface area contributed by atoms with Crippen LogP contribution in [-0.4, -0.2) is 21.6 Å². The minimum atomic E-state index is 0.0253. The number of hydrogen-bond donors (Lipinski definition) is 1. The fourth-order valence-corrected chi connectivity index (χ4v) is 1.91. The maximum Gasteiger partial charge on any atom is 0.187 e. The number of anilines is 1. The third-order valence-corrected chi connectivity index (χ3v) is 2.99. The Kier molecular flexibility index (Phi) is 1.87. The number of aryl methyl sites for hydroxylation is 2. The molecule has 2 unspecified atom stereocenters. The number of nitrogens with zero attached hydrogens (tertiary/aromatic N) is 2. The maximum absolute atomic E-state index is 12.0. The van der Waals surface area contributed by atoms with E-state index in [-0.39, 0.29) is 17.7 Å². The molecule has 0 spiro atoms. The van der Waals surface area contributed by atoms with E-state index in [4.69, 9.17) is 0 Å². The Hall–Kier alpha value is -1.32. The first-order valence-corrected chi connectivity index (χ1v) is 4.86.